The van der Waals surface area contributed by atoms with Crippen molar-refractivity contribution in [1.82, 2.24) is 0 Å². The average molecular weight is 254 g/mol. The fraction of sp³-hybridized carbons (Fsp3) is 0.273. The molecular weight excluding hydrogens is 240 g/mol. The summed E-state index contributed by atoms with van der Waals surface area (Å²) in [4.78, 5) is 11.7. The number of carbonyl (C=O) groups excluding carboxylic acids is 1. The highest BCUT2D eigenvalue weighted by molar-refractivity contribution is 7.80. The van der Waals surface area contributed by atoms with E-state index in [1.807, 2.05) is 0 Å². The van der Waals surface area contributed by atoms with Crippen molar-refractivity contribution in [3.63, 3.8) is 0 Å². The Morgan fingerprint density at radius 2 is 2.12 bits per heavy atom. The van der Waals surface area contributed by atoms with Crippen LogP contribution in [0.2, 0.25) is 0 Å². The molecule has 0 bridgehead atoms. The predicted molar refractivity (Wildman–Crippen MR) is 69.6 cm³/mol. The Bertz CT molecular complexity index is 435. The summed E-state index contributed by atoms with van der Waals surface area (Å²) in [5.41, 5.74) is 5.81. The van der Waals surface area contributed by atoms with E-state index in [1.165, 1.54) is 7.11 Å². The molecule has 0 aliphatic carbocycles. The smallest absolute Gasteiger partial charge is 0.231 e. The van der Waals surface area contributed by atoms with Gasteiger partial charge in [0.15, 0.2) is 0 Å². The number of ether oxygens (including phenoxy) is 2. The standard InChI is InChI=1S/C11H14N2O3S/c1-15-7-3-4-9(16-2)8(5-7)13-11(14)6-10(12)17/h3-5H,6H2,1-2H3,(H2,12,17)(H,13,14). The van der Waals surface area contributed by atoms with E-state index in [0.29, 0.717) is 17.2 Å². The van der Waals surface area contributed by atoms with Gasteiger partial charge in [0.25, 0.3) is 0 Å². The lowest BCUT2D eigenvalue weighted by Crippen LogP contribution is -2.20. The molecule has 3 N–H and O–H groups in total. The first-order valence-corrected chi connectivity index (χ1v) is 5.28. The fourth-order valence-electron chi connectivity index (χ4n) is 1.26. The molecule has 0 aliphatic rings. The van der Waals surface area contributed by atoms with Crippen molar-refractivity contribution in [1.29, 1.82) is 0 Å². The van der Waals surface area contributed by atoms with Crippen molar-refractivity contribution in [3.05, 3.63) is 18.2 Å². The first kappa shape index (κ1) is 13.2. The van der Waals surface area contributed by atoms with Crippen LogP contribution in [0.1, 0.15) is 6.42 Å². The van der Waals surface area contributed by atoms with E-state index < -0.39 is 0 Å². The van der Waals surface area contributed by atoms with Crippen LogP contribution in [0.5, 0.6) is 11.5 Å². The normalized spacial score (nSPS) is 9.53. The lowest BCUT2D eigenvalue weighted by Gasteiger charge is -2.11. The minimum atomic E-state index is -0.288. The Morgan fingerprint density at radius 3 is 2.65 bits per heavy atom. The topological polar surface area (TPSA) is 73.6 Å². The number of thiocarbonyl (C=S) groups is 1. The molecule has 5 nitrogen and oxygen atoms in total. The summed E-state index contributed by atoms with van der Waals surface area (Å²) < 4.78 is 10.2. The maximum absolute atomic E-state index is 11.5. The number of rotatable bonds is 5. The molecule has 1 aromatic rings. The van der Waals surface area contributed by atoms with Crippen LogP contribution in [0.3, 0.4) is 0 Å². The number of carbonyl (C=O) groups is 1. The molecule has 0 atom stereocenters. The number of benzene rings is 1. The molecule has 92 valence electrons. The van der Waals surface area contributed by atoms with Gasteiger partial charge in [-0.1, -0.05) is 12.2 Å². The predicted octanol–water partition coefficient (Wildman–Crippen LogP) is 1.32. The maximum Gasteiger partial charge on any atom is 0.231 e. The third kappa shape index (κ3) is 3.92. The molecule has 17 heavy (non-hydrogen) atoms. The molecule has 0 aromatic heterocycles. The largest absolute Gasteiger partial charge is 0.497 e. The van der Waals surface area contributed by atoms with Gasteiger partial charge in [-0.3, -0.25) is 4.79 Å². The maximum atomic E-state index is 11.5. The number of methoxy groups -OCH3 is 2. The molecule has 0 aliphatic heterocycles. The zero-order chi connectivity index (χ0) is 12.8. The van der Waals surface area contributed by atoms with Crippen LogP contribution in [0.4, 0.5) is 5.69 Å². The summed E-state index contributed by atoms with van der Waals surface area (Å²) in [5.74, 6) is 0.877. The minimum absolute atomic E-state index is 0.00427. The minimum Gasteiger partial charge on any atom is -0.497 e. The van der Waals surface area contributed by atoms with Crippen LogP contribution in [0.15, 0.2) is 18.2 Å². The number of amides is 1. The first-order chi connectivity index (χ1) is 8.06. The van der Waals surface area contributed by atoms with Gasteiger partial charge in [0.1, 0.15) is 11.5 Å². The van der Waals surface area contributed by atoms with Crippen LogP contribution in [-0.2, 0) is 4.79 Å². The van der Waals surface area contributed by atoms with E-state index in [1.54, 1.807) is 25.3 Å². The lowest BCUT2D eigenvalue weighted by atomic mass is 10.2. The van der Waals surface area contributed by atoms with Gasteiger partial charge in [0.2, 0.25) is 5.91 Å². The number of nitrogens with two attached hydrogens (primary N) is 1. The Morgan fingerprint density at radius 1 is 1.41 bits per heavy atom. The van der Waals surface area contributed by atoms with Gasteiger partial charge in [-0.2, -0.15) is 0 Å². The van der Waals surface area contributed by atoms with Gasteiger partial charge in [0.05, 0.1) is 31.3 Å². The van der Waals surface area contributed by atoms with E-state index in [2.05, 4.69) is 17.5 Å². The Labute approximate surface area is 105 Å². The van der Waals surface area contributed by atoms with Gasteiger partial charge in [-0.05, 0) is 12.1 Å². The van der Waals surface area contributed by atoms with Crippen LogP contribution in [0.25, 0.3) is 0 Å². The molecule has 1 rings (SSSR count). The fourth-order valence-corrected chi connectivity index (χ4v) is 1.40. The molecule has 1 amide bonds. The van der Waals surface area contributed by atoms with Crippen molar-refractivity contribution in [2.45, 2.75) is 6.42 Å². The van der Waals surface area contributed by atoms with Gasteiger partial charge >= 0.3 is 0 Å². The highest BCUT2D eigenvalue weighted by atomic mass is 32.1. The van der Waals surface area contributed by atoms with Crippen molar-refractivity contribution < 1.29 is 14.3 Å². The summed E-state index contributed by atoms with van der Waals surface area (Å²) in [6.45, 7) is 0. The second-order valence-electron chi connectivity index (χ2n) is 3.26. The number of anilines is 1. The number of hydrogen-bond donors (Lipinski definition) is 2. The van der Waals surface area contributed by atoms with Crippen molar-refractivity contribution in [2.75, 3.05) is 19.5 Å². The molecular formula is C11H14N2O3S. The summed E-state index contributed by atoms with van der Waals surface area (Å²) in [6, 6.07) is 5.10. The molecule has 0 radical (unpaired) electrons. The van der Waals surface area contributed by atoms with E-state index in [9.17, 15) is 4.79 Å². The Kier molecular flexibility index (Phi) is 4.71. The number of hydrogen-bond acceptors (Lipinski definition) is 4. The summed E-state index contributed by atoms with van der Waals surface area (Å²) in [7, 11) is 3.06. The van der Waals surface area contributed by atoms with Gasteiger partial charge < -0.3 is 20.5 Å². The number of nitrogens with one attached hydrogen (secondary N) is 1. The van der Waals surface area contributed by atoms with E-state index in [0.717, 1.165) is 0 Å². The zero-order valence-corrected chi connectivity index (χ0v) is 10.5. The molecule has 0 saturated heterocycles. The highest BCUT2D eigenvalue weighted by Crippen LogP contribution is 2.28. The Balaban J connectivity index is 2.87. The molecule has 0 fully saturated rings. The molecule has 0 spiro atoms. The molecule has 0 saturated carbocycles. The van der Waals surface area contributed by atoms with Gasteiger partial charge in [-0.25, -0.2) is 0 Å². The van der Waals surface area contributed by atoms with E-state index >= 15 is 0 Å². The second-order valence-corrected chi connectivity index (χ2v) is 3.78. The zero-order valence-electron chi connectivity index (χ0n) is 9.65. The van der Waals surface area contributed by atoms with Crippen LogP contribution in [-0.4, -0.2) is 25.1 Å². The van der Waals surface area contributed by atoms with Gasteiger partial charge in [0, 0.05) is 6.07 Å². The molecule has 6 heteroatoms. The highest BCUT2D eigenvalue weighted by Gasteiger charge is 2.09. The van der Waals surface area contributed by atoms with Crippen LogP contribution in [0, 0.1) is 0 Å². The van der Waals surface area contributed by atoms with Gasteiger partial charge in [-0.15, -0.1) is 0 Å². The van der Waals surface area contributed by atoms with Crippen molar-refractivity contribution in [2.24, 2.45) is 5.73 Å². The lowest BCUT2D eigenvalue weighted by molar-refractivity contribution is -0.115. The average Bonchev–Trinajstić information content (AvgIpc) is 2.27. The third-order valence-electron chi connectivity index (χ3n) is 2.02. The molecule has 1 aromatic carbocycles. The van der Waals surface area contributed by atoms with Crippen molar-refractivity contribution >= 4 is 28.8 Å². The second kappa shape index (κ2) is 6.05. The summed E-state index contributed by atoms with van der Waals surface area (Å²) in [5, 5.41) is 2.66. The summed E-state index contributed by atoms with van der Waals surface area (Å²) >= 11 is 4.66. The van der Waals surface area contributed by atoms with Crippen LogP contribution < -0.4 is 20.5 Å². The van der Waals surface area contributed by atoms with Crippen molar-refractivity contribution in [3.8, 4) is 11.5 Å². The third-order valence-corrected chi connectivity index (χ3v) is 2.16. The monoisotopic (exact) mass is 254 g/mol. The molecule has 0 unspecified atom stereocenters. The molecule has 0 heterocycles. The SMILES string of the molecule is COc1ccc(OC)c(NC(=O)CC(N)=S)c1. The van der Waals surface area contributed by atoms with Crippen LogP contribution >= 0.6 is 12.2 Å². The summed E-state index contributed by atoms with van der Waals surface area (Å²) in [6.07, 6.45) is -0.00427. The first-order valence-electron chi connectivity index (χ1n) is 4.87. The van der Waals surface area contributed by atoms with E-state index in [-0.39, 0.29) is 17.3 Å². The quantitative estimate of drug-likeness (QED) is 0.775. The van der Waals surface area contributed by atoms with E-state index in [4.69, 9.17) is 15.2 Å². The Hall–Kier alpha value is -1.82.